The molecule has 0 amide bonds. The summed E-state index contributed by atoms with van der Waals surface area (Å²) >= 11 is 3.70. The van der Waals surface area contributed by atoms with Gasteiger partial charge in [0.1, 0.15) is 5.08 Å². The molecular weight excluding hydrogens is 170 g/mol. The van der Waals surface area contributed by atoms with Crippen LogP contribution in [-0.4, -0.2) is 31.4 Å². The quantitative estimate of drug-likeness (QED) is 0.646. The number of rotatable bonds is 4. The minimum absolute atomic E-state index is 0.108. The fourth-order valence-corrected chi connectivity index (χ4v) is 1.80. The molecule has 0 aromatic carbocycles. The second-order valence-corrected chi connectivity index (χ2v) is 4.88. The van der Waals surface area contributed by atoms with Crippen LogP contribution in [0.4, 0.5) is 0 Å². The van der Waals surface area contributed by atoms with E-state index in [0.717, 1.165) is 6.42 Å². The first kappa shape index (κ1) is 10.3. The van der Waals surface area contributed by atoms with Gasteiger partial charge in [-0.05, 0) is 6.42 Å². The minimum Gasteiger partial charge on any atom is -0.211 e. The Bertz CT molecular complexity index is 176. The van der Waals surface area contributed by atoms with Crippen molar-refractivity contribution in [2.24, 2.45) is 0 Å². The molecule has 0 atom stereocenters. The first-order valence-corrected chi connectivity index (χ1v) is 5.33. The molecule has 0 rings (SSSR count). The summed E-state index contributed by atoms with van der Waals surface area (Å²) in [6.45, 7) is 2.51. The second-order valence-electron chi connectivity index (χ2n) is 2.06. The highest BCUT2D eigenvalue weighted by Gasteiger charge is 2.13. The fourth-order valence-electron chi connectivity index (χ4n) is 0.553. The van der Waals surface area contributed by atoms with E-state index in [2.05, 4.69) is 12.6 Å². The average molecular weight is 183 g/mol. The lowest BCUT2D eigenvalue weighted by Gasteiger charge is -2.13. The Morgan fingerprint density at radius 3 is 2.30 bits per heavy atom. The van der Waals surface area contributed by atoms with Gasteiger partial charge >= 0.3 is 0 Å². The highest BCUT2D eigenvalue weighted by molar-refractivity contribution is 8.02. The molecule has 0 spiro atoms. The normalized spacial score (nSPS) is 12.4. The molecule has 0 aromatic rings. The first-order chi connectivity index (χ1) is 4.54. The lowest BCUT2D eigenvalue weighted by atomic mass is 10.5. The Morgan fingerprint density at radius 2 is 2.00 bits per heavy atom. The van der Waals surface area contributed by atoms with E-state index < -0.39 is 10.0 Å². The van der Waals surface area contributed by atoms with Gasteiger partial charge in [-0.3, -0.25) is 0 Å². The van der Waals surface area contributed by atoms with Gasteiger partial charge in [-0.15, -0.1) is 0 Å². The van der Waals surface area contributed by atoms with Gasteiger partial charge in [0.2, 0.25) is 10.0 Å². The Morgan fingerprint density at radius 1 is 1.50 bits per heavy atom. The standard InChI is InChI=1S/C5H13NO2S2/c1-3-4-6(2)10(7,8)5-9/h9H,3-5H2,1-2H3. The van der Waals surface area contributed by atoms with Crippen molar-refractivity contribution in [1.29, 1.82) is 0 Å². The van der Waals surface area contributed by atoms with Crippen molar-refractivity contribution in [2.45, 2.75) is 13.3 Å². The molecule has 62 valence electrons. The van der Waals surface area contributed by atoms with Gasteiger partial charge in [-0.1, -0.05) is 6.92 Å². The van der Waals surface area contributed by atoms with Crippen LogP contribution in [0, 0.1) is 0 Å². The first-order valence-electron chi connectivity index (χ1n) is 3.09. The summed E-state index contributed by atoms with van der Waals surface area (Å²) in [6.07, 6.45) is 0.837. The number of hydrogen-bond donors (Lipinski definition) is 1. The minimum atomic E-state index is -3.06. The molecule has 0 heterocycles. The molecular formula is C5H13NO2S2. The molecule has 0 N–H and O–H groups in total. The molecule has 0 aliphatic carbocycles. The van der Waals surface area contributed by atoms with Crippen molar-refractivity contribution < 1.29 is 8.42 Å². The second kappa shape index (κ2) is 4.20. The van der Waals surface area contributed by atoms with E-state index in [-0.39, 0.29) is 5.08 Å². The van der Waals surface area contributed by atoms with Gasteiger partial charge in [0, 0.05) is 13.6 Å². The smallest absolute Gasteiger partial charge is 0.211 e. The summed E-state index contributed by atoms with van der Waals surface area (Å²) in [5.74, 6) is 0. The number of hydrogen-bond acceptors (Lipinski definition) is 3. The zero-order valence-corrected chi connectivity index (χ0v) is 7.95. The van der Waals surface area contributed by atoms with E-state index in [9.17, 15) is 8.42 Å². The van der Waals surface area contributed by atoms with Gasteiger partial charge < -0.3 is 0 Å². The largest absolute Gasteiger partial charge is 0.222 e. The molecule has 0 aliphatic heterocycles. The van der Waals surface area contributed by atoms with Crippen LogP contribution in [-0.2, 0) is 10.0 Å². The number of sulfonamides is 1. The fraction of sp³-hybridized carbons (Fsp3) is 1.00. The van der Waals surface area contributed by atoms with Crippen LogP contribution in [0.15, 0.2) is 0 Å². The van der Waals surface area contributed by atoms with Crippen LogP contribution in [0.1, 0.15) is 13.3 Å². The average Bonchev–Trinajstić information content (AvgIpc) is 1.89. The lowest BCUT2D eigenvalue weighted by molar-refractivity contribution is 0.473. The molecule has 5 heteroatoms. The highest BCUT2D eigenvalue weighted by Crippen LogP contribution is 1.99. The Labute approximate surface area is 67.9 Å². The van der Waals surface area contributed by atoms with Crippen LogP contribution in [0.5, 0.6) is 0 Å². The molecule has 10 heavy (non-hydrogen) atoms. The summed E-state index contributed by atoms with van der Waals surface area (Å²) in [4.78, 5) is 0. The SMILES string of the molecule is CCCN(C)S(=O)(=O)CS. The highest BCUT2D eigenvalue weighted by atomic mass is 32.3. The third kappa shape index (κ3) is 2.90. The molecule has 0 saturated heterocycles. The maximum atomic E-state index is 10.9. The third-order valence-electron chi connectivity index (χ3n) is 1.18. The van der Waals surface area contributed by atoms with E-state index >= 15 is 0 Å². The topological polar surface area (TPSA) is 37.4 Å². The van der Waals surface area contributed by atoms with Crippen LogP contribution >= 0.6 is 12.6 Å². The van der Waals surface area contributed by atoms with E-state index in [0.29, 0.717) is 6.54 Å². The van der Waals surface area contributed by atoms with Crippen molar-refractivity contribution in [3.8, 4) is 0 Å². The Hall–Kier alpha value is 0.260. The van der Waals surface area contributed by atoms with Gasteiger partial charge in [-0.25, -0.2) is 12.7 Å². The van der Waals surface area contributed by atoms with Crippen molar-refractivity contribution >= 4 is 22.7 Å². The van der Waals surface area contributed by atoms with Gasteiger partial charge in [0.25, 0.3) is 0 Å². The van der Waals surface area contributed by atoms with Crippen LogP contribution < -0.4 is 0 Å². The molecule has 0 fully saturated rings. The molecule has 0 bridgehead atoms. The lowest BCUT2D eigenvalue weighted by Crippen LogP contribution is -2.28. The molecule has 0 unspecified atom stereocenters. The van der Waals surface area contributed by atoms with Crippen LogP contribution in [0.25, 0.3) is 0 Å². The van der Waals surface area contributed by atoms with Crippen molar-refractivity contribution in [3.63, 3.8) is 0 Å². The van der Waals surface area contributed by atoms with Crippen molar-refractivity contribution in [1.82, 2.24) is 4.31 Å². The molecule has 0 aliphatic rings. The van der Waals surface area contributed by atoms with Crippen molar-refractivity contribution in [3.05, 3.63) is 0 Å². The van der Waals surface area contributed by atoms with E-state index in [1.165, 1.54) is 4.31 Å². The summed E-state index contributed by atoms with van der Waals surface area (Å²) in [6, 6.07) is 0. The molecule has 0 saturated carbocycles. The monoisotopic (exact) mass is 183 g/mol. The Balaban J connectivity index is 4.06. The number of nitrogens with zero attached hydrogens (tertiary/aromatic N) is 1. The van der Waals surface area contributed by atoms with Gasteiger partial charge in [-0.2, -0.15) is 12.6 Å². The summed E-state index contributed by atoms with van der Waals surface area (Å²) in [7, 11) is -1.50. The van der Waals surface area contributed by atoms with E-state index in [4.69, 9.17) is 0 Å². The molecule has 0 aromatic heterocycles. The predicted molar refractivity (Wildman–Crippen MR) is 45.7 cm³/mol. The van der Waals surface area contributed by atoms with E-state index in [1.54, 1.807) is 7.05 Å². The van der Waals surface area contributed by atoms with Gasteiger partial charge in [0.15, 0.2) is 0 Å². The maximum absolute atomic E-state index is 10.9. The zero-order valence-electron chi connectivity index (χ0n) is 6.24. The van der Waals surface area contributed by atoms with Gasteiger partial charge in [0.05, 0.1) is 0 Å². The maximum Gasteiger partial charge on any atom is 0.222 e. The predicted octanol–water partition coefficient (Wildman–Crippen LogP) is 0.545. The third-order valence-corrected chi connectivity index (χ3v) is 3.61. The molecule has 0 radical (unpaired) electrons. The van der Waals surface area contributed by atoms with Crippen molar-refractivity contribution in [2.75, 3.05) is 18.7 Å². The Kier molecular flexibility index (Phi) is 4.31. The zero-order chi connectivity index (χ0) is 8.20. The molecule has 3 nitrogen and oxygen atoms in total. The van der Waals surface area contributed by atoms with E-state index in [1.807, 2.05) is 6.92 Å². The number of thiol groups is 1. The summed E-state index contributed by atoms with van der Waals surface area (Å²) < 4.78 is 23.2. The summed E-state index contributed by atoms with van der Waals surface area (Å²) in [5, 5.41) is -0.108. The van der Waals surface area contributed by atoms with Crippen LogP contribution in [0.3, 0.4) is 0 Å². The van der Waals surface area contributed by atoms with Crippen LogP contribution in [0.2, 0.25) is 0 Å². The summed E-state index contributed by atoms with van der Waals surface area (Å²) in [5.41, 5.74) is 0.